The van der Waals surface area contributed by atoms with Gasteiger partial charge in [-0.2, -0.15) is 18.4 Å². The SMILES string of the molecule is N#C/C(=C1\CCCO1)c1c(C(F)F)nc(C(F)(F)F)c(C(=O)O)c1CI. The molecule has 2 rings (SSSR count). The van der Waals surface area contributed by atoms with Gasteiger partial charge in [0.05, 0.1) is 17.7 Å². The molecule has 1 aliphatic rings. The third-order valence-electron chi connectivity index (χ3n) is 3.62. The smallest absolute Gasteiger partial charge is 0.434 e. The average Bonchev–Trinajstić information content (AvgIpc) is 3.07. The van der Waals surface area contributed by atoms with E-state index < -0.39 is 52.2 Å². The van der Waals surface area contributed by atoms with Gasteiger partial charge < -0.3 is 9.84 Å². The lowest BCUT2D eigenvalue weighted by molar-refractivity contribution is -0.142. The second kappa shape index (κ2) is 7.73. The van der Waals surface area contributed by atoms with Crippen molar-refractivity contribution >= 4 is 34.1 Å². The molecule has 1 aliphatic heterocycles. The van der Waals surface area contributed by atoms with E-state index in [0.717, 1.165) is 0 Å². The van der Waals surface area contributed by atoms with Crippen LogP contribution in [0.4, 0.5) is 22.0 Å². The lowest BCUT2D eigenvalue weighted by Crippen LogP contribution is -2.21. The molecule has 0 radical (unpaired) electrons. The van der Waals surface area contributed by atoms with Gasteiger partial charge in [0.2, 0.25) is 0 Å². The Kier molecular flexibility index (Phi) is 6.05. The highest BCUT2D eigenvalue weighted by molar-refractivity contribution is 14.1. The number of hydrogen-bond acceptors (Lipinski definition) is 4. The Hall–Kier alpha value is -1.97. The highest BCUT2D eigenvalue weighted by atomic mass is 127. The molecule has 0 atom stereocenters. The standard InChI is InChI=1S/C15H10F5IN2O3/c16-13(17)11-9(7(5-22)8-2-1-3-26-8)6(4-21)10(14(24)25)12(23-11)15(18,19)20/h13H,1-4H2,(H,24,25)/b8-7-. The van der Waals surface area contributed by atoms with E-state index in [9.17, 15) is 37.1 Å². The van der Waals surface area contributed by atoms with E-state index in [1.54, 1.807) is 28.7 Å². The minimum Gasteiger partial charge on any atom is -0.497 e. The molecule has 1 aromatic rings. The van der Waals surface area contributed by atoms with Crippen LogP contribution in [0.3, 0.4) is 0 Å². The van der Waals surface area contributed by atoms with Crippen LogP contribution < -0.4 is 0 Å². The predicted octanol–water partition coefficient (Wildman–Crippen LogP) is 4.72. The number of aromatic nitrogens is 1. The molecule has 1 N–H and O–H groups in total. The lowest BCUT2D eigenvalue weighted by Gasteiger charge is -2.19. The van der Waals surface area contributed by atoms with Crippen molar-refractivity contribution in [1.82, 2.24) is 4.98 Å². The maximum absolute atomic E-state index is 13.5. The number of rotatable bonds is 4. The number of carboxylic acids is 1. The first-order valence-electron chi connectivity index (χ1n) is 7.11. The number of aromatic carboxylic acids is 1. The maximum atomic E-state index is 13.5. The van der Waals surface area contributed by atoms with Crippen LogP contribution in [0.1, 0.15) is 52.1 Å². The summed E-state index contributed by atoms with van der Waals surface area (Å²) in [6.45, 7) is 0.226. The Balaban J connectivity index is 3.00. The van der Waals surface area contributed by atoms with Crippen molar-refractivity contribution in [2.45, 2.75) is 29.9 Å². The van der Waals surface area contributed by atoms with Gasteiger partial charge >= 0.3 is 12.1 Å². The first kappa shape index (κ1) is 20.3. The molecule has 0 spiro atoms. The number of carbonyl (C=O) groups is 1. The number of allylic oxidation sites excluding steroid dienone is 2. The molecule has 1 saturated heterocycles. The van der Waals surface area contributed by atoms with Gasteiger partial charge in [0.15, 0.2) is 5.69 Å². The fourth-order valence-electron chi connectivity index (χ4n) is 2.62. The van der Waals surface area contributed by atoms with Crippen molar-refractivity contribution in [3.63, 3.8) is 0 Å². The molecule has 0 bridgehead atoms. The third-order valence-corrected chi connectivity index (χ3v) is 4.38. The molecular weight excluding hydrogens is 478 g/mol. The quantitative estimate of drug-likeness (QED) is 0.287. The van der Waals surface area contributed by atoms with Crippen molar-refractivity contribution in [3.8, 4) is 6.07 Å². The summed E-state index contributed by atoms with van der Waals surface area (Å²) in [4.78, 5) is 14.4. The van der Waals surface area contributed by atoms with E-state index in [2.05, 4.69) is 4.98 Å². The Labute approximate surface area is 157 Å². The number of halogens is 6. The highest BCUT2D eigenvalue weighted by Crippen LogP contribution is 2.41. The van der Waals surface area contributed by atoms with Gasteiger partial charge in [0.25, 0.3) is 6.43 Å². The Morgan fingerprint density at radius 1 is 1.38 bits per heavy atom. The van der Waals surface area contributed by atoms with Gasteiger partial charge in [0.1, 0.15) is 17.5 Å². The summed E-state index contributed by atoms with van der Waals surface area (Å²) in [5.74, 6) is -1.92. The molecule has 0 saturated carbocycles. The fourth-order valence-corrected chi connectivity index (χ4v) is 3.38. The zero-order chi connectivity index (χ0) is 19.6. The van der Waals surface area contributed by atoms with E-state index in [1.165, 1.54) is 0 Å². The van der Waals surface area contributed by atoms with Crippen LogP contribution in [-0.2, 0) is 15.3 Å². The molecule has 0 unspecified atom stereocenters. The monoisotopic (exact) mass is 488 g/mol. The van der Waals surface area contributed by atoms with Crippen LogP contribution in [0.2, 0.25) is 0 Å². The molecule has 26 heavy (non-hydrogen) atoms. The number of nitrogens with zero attached hydrogens (tertiary/aromatic N) is 2. The number of alkyl halides is 6. The van der Waals surface area contributed by atoms with Crippen LogP contribution in [0.25, 0.3) is 5.57 Å². The summed E-state index contributed by atoms with van der Waals surface area (Å²) in [5.41, 5.74) is -5.97. The highest BCUT2D eigenvalue weighted by Gasteiger charge is 2.42. The van der Waals surface area contributed by atoms with E-state index in [-0.39, 0.29) is 23.2 Å². The van der Waals surface area contributed by atoms with E-state index in [0.29, 0.717) is 6.42 Å². The van der Waals surface area contributed by atoms with Crippen LogP contribution in [0.15, 0.2) is 5.76 Å². The largest absolute Gasteiger partial charge is 0.497 e. The first-order chi connectivity index (χ1) is 12.1. The third kappa shape index (κ3) is 3.74. The van der Waals surface area contributed by atoms with Crippen molar-refractivity contribution in [2.24, 2.45) is 0 Å². The summed E-state index contributed by atoms with van der Waals surface area (Å²) in [7, 11) is 0. The minimum absolute atomic E-state index is 0.0402. The van der Waals surface area contributed by atoms with Crippen LogP contribution in [-0.4, -0.2) is 22.7 Å². The van der Waals surface area contributed by atoms with Crippen LogP contribution >= 0.6 is 22.6 Å². The summed E-state index contributed by atoms with van der Waals surface area (Å²) < 4.78 is 71.4. The Morgan fingerprint density at radius 3 is 2.42 bits per heavy atom. The van der Waals surface area contributed by atoms with Gasteiger partial charge in [-0.3, -0.25) is 0 Å². The van der Waals surface area contributed by atoms with Crippen molar-refractivity contribution in [3.05, 3.63) is 33.8 Å². The molecule has 0 aliphatic carbocycles. The Bertz CT molecular complexity index is 807. The number of pyridine rings is 1. The van der Waals surface area contributed by atoms with Crippen molar-refractivity contribution in [2.75, 3.05) is 6.61 Å². The maximum Gasteiger partial charge on any atom is 0.434 e. The molecule has 5 nitrogen and oxygen atoms in total. The zero-order valence-electron chi connectivity index (χ0n) is 12.8. The molecule has 0 amide bonds. The fraction of sp³-hybridized carbons (Fsp3) is 0.400. The number of carboxylic acid groups (broad SMARTS) is 1. The molecule has 2 heterocycles. The number of ether oxygens (including phenoxy) is 1. The normalized spacial score (nSPS) is 16.4. The van der Waals surface area contributed by atoms with E-state index in [4.69, 9.17) is 4.74 Å². The molecule has 1 aromatic heterocycles. The second-order valence-corrected chi connectivity index (χ2v) is 5.94. The predicted molar refractivity (Wildman–Crippen MR) is 86.6 cm³/mol. The lowest BCUT2D eigenvalue weighted by atomic mass is 9.92. The number of hydrogen-bond donors (Lipinski definition) is 1. The van der Waals surface area contributed by atoms with Gasteiger partial charge in [-0.25, -0.2) is 18.6 Å². The molecule has 1 fully saturated rings. The van der Waals surface area contributed by atoms with Gasteiger partial charge in [-0.15, -0.1) is 0 Å². The molecule has 11 heteroatoms. The minimum atomic E-state index is -5.25. The molecule has 140 valence electrons. The van der Waals surface area contributed by atoms with Gasteiger partial charge in [-0.05, 0) is 12.0 Å². The molecular formula is C15H10F5IN2O3. The van der Waals surface area contributed by atoms with E-state index >= 15 is 0 Å². The zero-order valence-corrected chi connectivity index (χ0v) is 15.0. The summed E-state index contributed by atoms with van der Waals surface area (Å²) >= 11 is 1.56. The average molecular weight is 488 g/mol. The van der Waals surface area contributed by atoms with Gasteiger partial charge in [-0.1, -0.05) is 22.6 Å². The second-order valence-electron chi connectivity index (χ2n) is 5.17. The number of nitriles is 1. The van der Waals surface area contributed by atoms with Crippen LogP contribution in [0.5, 0.6) is 0 Å². The first-order valence-corrected chi connectivity index (χ1v) is 8.63. The van der Waals surface area contributed by atoms with Crippen molar-refractivity contribution < 1.29 is 36.6 Å². The van der Waals surface area contributed by atoms with Crippen molar-refractivity contribution in [1.29, 1.82) is 5.26 Å². The summed E-state index contributed by atoms with van der Waals surface area (Å²) in [5, 5.41) is 18.6. The molecule has 0 aromatic carbocycles. The summed E-state index contributed by atoms with van der Waals surface area (Å²) in [6.07, 6.45) is -7.96. The Morgan fingerprint density at radius 2 is 2.04 bits per heavy atom. The summed E-state index contributed by atoms with van der Waals surface area (Å²) in [6, 6.07) is 1.66. The van der Waals surface area contributed by atoms with Gasteiger partial charge in [0, 0.05) is 16.4 Å². The van der Waals surface area contributed by atoms with E-state index in [1.807, 2.05) is 0 Å². The van der Waals surface area contributed by atoms with Crippen LogP contribution in [0, 0.1) is 11.3 Å². The topological polar surface area (TPSA) is 83.2 Å².